The third-order valence-electron chi connectivity index (χ3n) is 1.82. The van der Waals surface area contributed by atoms with Gasteiger partial charge in [0, 0.05) is 17.6 Å². The quantitative estimate of drug-likeness (QED) is 0.567. The Labute approximate surface area is 68.8 Å². The predicted molar refractivity (Wildman–Crippen MR) is 49.0 cm³/mol. The molecule has 0 saturated carbocycles. The number of pyridine rings is 1. The van der Waals surface area contributed by atoms with Gasteiger partial charge >= 0.3 is 0 Å². The van der Waals surface area contributed by atoms with Gasteiger partial charge < -0.3 is 10.7 Å². The van der Waals surface area contributed by atoms with E-state index >= 15 is 0 Å². The topological polar surface area (TPSA) is 58.9 Å². The molecule has 1 aromatic carbocycles. The number of rotatable bonds is 0. The number of anilines is 1. The van der Waals surface area contributed by atoms with E-state index in [1.54, 1.807) is 24.4 Å². The molecule has 2 aromatic rings. The molecule has 0 aliphatic heterocycles. The van der Waals surface area contributed by atoms with Crippen molar-refractivity contribution < 1.29 is 0 Å². The number of aromatic nitrogens is 1. The number of aromatic amines is 1. The van der Waals surface area contributed by atoms with Crippen LogP contribution in [0, 0.1) is 0 Å². The molecular weight excluding hydrogens is 152 g/mol. The van der Waals surface area contributed by atoms with E-state index in [4.69, 9.17) is 5.73 Å². The molecule has 0 fully saturated rings. The van der Waals surface area contributed by atoms with Crippen LogP contribution in [-0.4, -0.2) is 4.98 Å². The van der Waals surface area contributed by atoms with Gasteiger partial charge in [-0.25, -0.2) is 0 Å². The Hall–Kier alpha value is -1.77. The molecule has 1 heterocycles. The smallest absolute Gasteiger partial charge is 0.189 e. The molecule has 0 saturated heterocycles. The second-order valence-corrected chi connectivity index (χ2v) is 2.61. The van der Waals surface area contributed by atoms with E-state index in [0.29, 0.717) is 16.6 Å². The summed E-state index contributed by atoms with van der Waals surface area (Å²) in [7, 11) is 0. The summed E-state index contributed by atoms with van der Waals surface area (Å²) >= 11 is 0. The molecule has 3 N–H and O–H groups in total. The monoisotopic (exact) mass is 160 g/mol. The van der Waals surface area contributed by atoms with Gasteiger partial charge in [0.05, 0.1) is 11.2 Å². The van der Waals surface area contributed by atoms with Crippen molar-refractivity contribution in [3.8, 4) is 0 Å². The Morgan fingerprint density at radius 3 is 2.83 bits per heavy atom. The van der Waals surface area contributed by atoms with Gasteiger partial charge in [-0.2, -0.15) is 0 Å². The molecule has 0 aliphatic rings. The van der Waals surface area contributed by atoms with Gasteiger partial charge in [-0.3, -0.25) is 4.79 Å². The van der Waals surface area contributed by atoms with Crippen LogP contribution >= 0.6 is 0 Å². The van der Waals surface area contributed by atoms with Crippen molar-refractivity contribution in [2.45, 2.75) is 0 Å². The molecule has 0 unspecified atom stereocenters. The van der Waals surface area contributed by atoms with Crippen LogP contribution in [-0.2, 0) is 0 Å². The fraction of sp³-hybridized carbons (Fsp3) is 0. The van der Waals surface area contributed by atoms with Crippen LogP contribution in [0.2, 0.25) is 0 Å². The maximum atomic E-state index is 11.3. The maximum absolute atomic E-state index is 11.3. The van der Waals surface area contributed by atoms with Crippen LogP contribution in [0.3, 0.4) is 0 Å². The van der Waals surface area contributed by atoms with Crippen LogP contribution < -0.4 is 11.2 Å². The minimum atomic E-state index is -0.00366. The first-order chi connectivity index (χ1) is 5.79. The Morgan fingerprint density at radius 1 is 1.25 bits per heavy atom. The lowest BCUT2D eigenvalue weighted by Crippen LogP contribution is -2.01. The minimum absolute atomic E-state index is 0.00366. The lowest BCUT2D eigenvalue weighted by molar-refractivity contribution is 1.39. The third-order valence-corrected chi connectivity index (χ3v) is 1.82. The third kappa shape index (κ3) is 0.871. The number of benzene rings is 1. The van der Waals surface area contributed by atoms with E-state index < -0.39 is 0 Å². The first kappa shape index (κ1) is 6.91. The van der Waals surface area contributed by atoms with Crippen molar-refractivity contribution in [1.29, 1.82) is 0 Å². The Bertz CT molecular complexity index is 473. The van der Waals surface area contributed by atoms with Crippen LogP contribution in [0.4, 0.5) is 5.69 Å². The van der Waals surface area contributed by atoms with Crippen molar-refractivity contribution in [1.82, 2.24) is 4.98 Å². The van der Waals surface area contributed by atoms with Gasteiger partial charge in [-0.1, -0.05) is 6.07 Å². The summed E-state index contributed by atoms with van der Waals surface area (Å²) < 4.78 is 0. The molecule has 0 spiro atoms. The predicted octanol–water partition coefficient (Wildman–Crippen LogP) is 1.11. The summed E-state index contributed by atoms with van der Waals surface area (Å²) in [4.78, 5) is 14.2. The van der Waals surface area contributed by atoms with Crippen LogP contribution in [0.5, 0.6) is 0 Å². The zero-order chi connectivity index (χ0) is 8.55. The molecule has 0 amide bonds. The Morgan fingerprint density at radius 2 is 2.08 bits per heavy atom. The van der Waals surface area contributed by atoms with Gasteiger partial charge in [-0.15, -0.1) is 0 Å². The number of H-pyrrole nitrogens is 1. The number of hydrogen-bond acceptors (Lipinski definition) is 2. The summed E-state index contributed by atoms with van der Waals surface area (Å²) in [5.74, 6) is 0. The number of nitrogens with one attached hydrogen (secondary N) is 1. The van der Waals surface area contributed by atoms with Crippen molar-refractivity contribution >= 4 is 16.6 Å². The van der Waals surface area contributed by atoms with E-state index in [-0.39, 0.29) is 5.43 Å². The molecule has 60 valence electrons. The average Bonchev–Trinajstić information content (AvgIpc) is 2.07. The summed E-state index contributed by atoms with van der Waals surface area (Å²) in [6.45, 7) is 0. The van der Waals surface area contributed by atoms with Crippen LogP contribution in [0.1, 0.15) is 0 Å². The van der Waals surface area contributed by atoms with Crippen LogP contribution in [0.15, 0.2) is 35.3 Å². The summed E-state index contributed by atoms with van der Waals surface area (Å²) in [5, 5.41) is 0.637. The highest BCUT2D eigenvalue weighted by atomic mass is 16.1. The number of para-hydroxylation sites is 1. The summed E-state index contributed by atoms with van der Waals surface area (Å²) in [6.07, 6.45) is 1.60. The molecular formula is C9H8N2O. The van der Waals surface area contributed by atoms with Gasteiger partial charge in [0.2, 0.25) is 0 Å². The fourth-order valence-corrected chi connectivity index (χ4v) is 1.23. The first-order valence-corrected chi connectivity index (χ1v) is 3.65. The van der Waals surface area contributed by atoms with Gasteiger partial charge in [0.15, 0.2) is 5.43 Å². The molecule has 3 nitrogen and oxygen atoms in total. The highest BCUT2D eigenvalue weighted by molar-refractivity contribution is 5.88. The zero-order valence-corrected chi connectivity index (χ0v) is 6.37. The number of hydrogen-bond donors (Lipinski definition) is 2. The number of nitrogens with two attached hydrogens (primary N) is 1. The average molecular weight is 160 g/mol. The summed E-state index contributed by atoms with van der Waals surface area (Å²) in [6, 6.07) is 6.78. The highest BCUT2D eigenvalue weighted by Gasteiger charge is 1.98. The molecule has 3 heteroatoms. The Balaban J connectivity index is 3.05. The minimum Gasteiger partial charge on any atom is -0.397 e. The van der Waals surface area contributed by atoms with Crippen molar-refractivity contribution in [3.63, 3.8) is 0 Å². The molecule has 12 heavy (non-hydrogen) atoms. The largest absolute Gasteiger partial charge is 0.397 e. The van der Waals surface area contributed by atoms with E-state index in [9.17, 15) is 4.79 Å². The lowest BCUT2D eigenvalue weighted by atomic mass is 10.2. The molecule has 0 atom stereocenters. The Kier molecular flexibility index (Phi) is 1.37. The van der Waals surface area contributed by atoms with Gasteiger partial charge in [0.25, 0.3) is 0 Å². The highest BCUT2D eigenvalue weighted by Crippen LogP contribution is 2.13. The van der Waals surface area contributed by atoms with E-state index in [0.717, 1.165) is 0 Å². The molecule has 0 aliphatic carbocycles. The standard InChI is InChI=1S/C9H8N2O/c10-7-3-1-2-6-8(12)4-5-11-9(6)7/h1-5H,10H2,(H,11,12). The fourth-order valence-electron chi connectivity index (χ4n) is 1.23. The molecule has 0 radical (unpaired) electrons. The molecule has 2 rings (SSSR count). The first-order valence-electron chi connectivity index (χ1n) is 3.65. The van der Waals surface area contributed by atoms with Crippen molar-refractivity contribution in [3.05, 3.63) is 40.7 Å². The number of nitrogen functional groups attached to an aromatic ring is 1. The zero-order valence-electron chi connectivity index (χ0n) is 6.37. The van der Waals surface area contributed by atoms with E-state index in [1.165, 1.54) is 6.07 Å². The second kappa shape index (κ2) is 2.37. The SMILES string of the molecule is Nc1cccc2c(=O)cc[nH]c12. The van der Waals surface area contributed by atoms with Crippen molar-refractivity contribution in [2.75, 3.05) is 5.73 Å². The molecule has 0 bridgehead atoms. The van der Waals surface area contributed by atoms with Crippen molar-refractivity contribution in [2.24, 2.45) is 0 Å². The normalized spacial score (nSPS) is 10.3. The lowest BCUT2D eigenvalue weighted by Gasteiger charge is -1.98. The maximum Gasteiger partial charge on any atom is 0.189 e. The van der Waals surface area contributed by atoms with Crippen LogP contribution in [0.25, 0.3) is 10.9 Å². The van der Waals surface area contributed by atoms with E-state index in [1.807, 2.05) is 0 Å². The summed E-state index contributed by atoms with van der Waals surface area (Å²) in [5.41, 5.74) is 6.97. The number of fused-ring (bicyclic) bond motifs is 1. The van der Waals surface area contributed by atoms with Gasteiger partial charge in [-0.05, 0) is 12.1 Å². The molecule has 1 aromatic heterocycles. The second-order valence-electron chi connectivity index (χ2n) is 2.61. The van der Waals surface area contributed by atoms with Gasteiger partial charge in [0.1, 0.15) is 0 Å². The van der Waals surface area contributed by atoms with E-state index in [2.05, 4.69) is 4.98 Å².